The first kappa shape index (κ1) is 20.4. The minimum absolute atomic E-state index is 0.508. The van der Waals surface area contributed by atoms with Crippen molar-refractivity contribution in [2.45, 2.75) is 25.8 Å². The molecule has 0 bridgehead atoms. The van der Waals surface area contributed by atoms with Gasteiger partial charge in [0.15, 0.2) is 5.65 Å². The van der Waals surface area contributed by atoms with Crippen LogP contribution in [0.25, 0.3) is 11.0 Å². The minimum atomic E-state index is 0.508. The van der Waals surface area contributed by atoms with Crippen LogP contribution in [-0.2, 0) is 0 Å². The fourth-order valence-electron chi connectivity index (χ4n) is 5.18. The second kappa shape index (κ2) is 9.33. The smallest absolute Gasteiger partial charge is 0.161 e. The summed E-state index contributed by atoms with van der Waals surface area (Å²) in [5.41, 5.74) is 2.28. The summed E-state index contributed by atoms with van der Waals surface area (Å²) in [6, 6.07) is 19.8. The molecular weight excluding hydrogens is 382 g/mol. The molecule has 162 valence electrons. The Balaban J connectivity index is 1.15. The lowest BCUT2D eigenvalue weighted by molar-refractivity contribution is 0.102. The number of pyridine rings is 2. The van der Waals surface area contributed by atoms with E-state index in [1.54, 1.807) is 0 Å². The zero-order valence-electron chi connectivity index (χ0n) is 18.5. The van der Waals surface area contributed by atoms with Crippen LogP contribution in [0.2, 0.25) is 0 Å². The number of rotatable bonds is 5. The van der Waals surface area contributed by atoms with Gasteiger partial charge in [-0.25, -0.2) is 9.97 Å². The summed E-state index contributed by atoms with van der Waals surface area (Å²) >= 11 is 0. The van der Waals surface area contributed by atoms with E-state index in [1.165, 1.54) is 38.0 Å². The van der Waals surface area contributed by atoms with E-state index in [0.29, 0.717) is 6.04 Å². The lowest BCUT2D eigenvalue weighted by Crippen LogP contribution is -2.50. The van der Waals surface area contributed by atoms with Crippen molar-refractivity contribution < 1.29 is 0 Å². The Kier molecular flexibility index (Phi) is 6.14. The van der Waals surface area contributed by atoms with Crippen LogP contribution in [0.4, 0.5) is 5.82 Å². The average Bonchev–Trinajstić information content (AvgIpc) is 2.84. The molecule has 0 spiro atoms. The lowest BCUT2D eigenvalue weighted by Gasteiger charge is -2.41. The molecule has 1 aromatic carbocycles. The molecule has 5 heteroatoms. The minimum Gasteiger partial charge on any atom is -0.354 e. The van der Waals surface area contributed by atoms with Crippen LogP contribution in [0.3, 0.4) is 0 Å². The molecule has 0 N–H and O–H groups in total. The summed E-state index contributed by atoms with van der Waals surface area (Å²) in [6.07, 6.45) is 4.50. The van der Waals surface area contributed by atoms with Gasteiger partial charge >= 0.3 is 0 Å². The Morgan fingerprint density at radius 1 is 0.935 bits per heavy atom. The van der Waals surface area contributed by atoms with Gasteiger partial charge in [-0.15, -0.1) is 0 Å². The SMILES string of the molecule is C[C@H](c1ccccc1)N1CCC[C@H](CN2CCN(c3ccc4cccnc4n3)CC2)C1. The van der Waals surface area contributed by atoms with Crippen LogP contribution in [0, 0.1) is 5.92 Å². The molecule has 2 saturated heterocycles. The number of fused-ring (bicyclic) bond motifs is 1. The highest BCUT2D eigenvalue weighted by Gasteiger charge is 2.27. The van der Waals surface area contributed by atoms with E-state index in [4.69, 9.17) is 4.98 Å². The first-order valence-electron chi connectivity index (χ1n) is 11.7. The van der Waals surface area contributed by atoms with Gasteiger partial charge in [0.1, 0.15) is 5.82 Å². The summed E-state index contributed by atoms with van der Waals surface area (Å²) in [5, 5.41) is 1.11. The van der Waals surface area contributed by atoms with Gasteiger partial charge in [-0.2, -0.15) is 0 Å². The first-order valence-corrected chi connectivity index (χ1v) is 11.7. The number of anilines is 1. The maximum Gasteiger partial charge on any atom is 0.161 e. The van der Waals surface area contributed by atoms with E-state index < -0.39 is 0 Å². The molecule has 3 aromatic rings. The second-order valence-electron chi connectivity index (χ2n) is 9.10. The van der Waals surface area contributed by atoms with E-state index >= 15 is 0 Å². The Morgan fingerprint density at radius 3 is 2.61 bits per heavy atom. The van der Waals surface area contributed by atoms with Crippen molar-refractivity contribution in [2.75, 3.05) is 50.7 Å². The number of piperazine rings is 1. The first-order chi connectivity index (χ1) is 15.3. The van der Waals surface area contributed by atoms with Gasteiger partial charge < -0.3 is 4.90 Å². The number of hydrogen-bond donors (Lipinski definition) is 0. The predicted octanol–water partition coefficient (Wildman–Crippen LogP) is 4.23. The molecular formula is C26H33N5. The Hall–Kier alpha value is -2.50. The fraction of sp³-hybridized carbons (Fsp3) is 0.462. The van der Waals surface area contributed by atoms with Gasteiger partial charge in [-0.3, -0.25) is 9.80 Å². The van der Waals surface area contributed by atoms with Crippen LogP contribution in [0.1, 0.15) is 31.4 Å². The summed E-state index contributed by atoms with van der Waals surface area (Å²) in [4.78, 5) is 17.0. The highest BCUT2D eigenvalue weighted by molar-refractivity contribution is 5.76. The van der Waals surface area contributed by atoms with Gasteiger partial charge in [0, 0.05) is 56.9 Å². The van der Waals surface area contributed by atoms with Gasteiger partial charge in [-0.1, -0.05) is 30.3 Å². The third kappa shape index (κ3) is 4.73. The Bertz CT molecular complexity index is 983. The molecule has 2 aliphatic heterocycles. The molecule has 0 saturated carbocycles. The molecule has 31 heavy (non-hydrogen) atoms. The summed E-state index contributed by atoms with van der Waals surface area (Å²) < 4.78 is 0. The highest BCUT2D eigenvalue weighted by atomic mass is 15.3. The normalized spacial score (nSPS) is 22.0. The largest absolute Gasteiger partial charge is 0.354 e. The summed E-state index contributed by atoms with van der Waals surface area (Å²) in [7, 11) is 0. The second-order valence-corrected chi connectivity index (χ2v) is 9.10. The van der Waals surface area contributed by atoms with Crippen molar-refractivity contribution in [3.8, 4) is 0 Å². The van der Waals surface area contributed by atoms with Gasteiger partial charge in [0.25, 0.3) is 0 Å². The van der Waals surface area contributed by atoms with Crippen molar-refractivity contribution in [3.63, 3.8) is 0 Å². The van der Waals surface area contributed by atoms with Crippen molar-refractivity contribution in [1.29, 1.82) is 0 Å². The number of piperidine rings is 1. The number of nitrogens with zero attached hydrogens (tertiary/aromatic N) is 5. The Labute approximate surface area is 185 Å². The van der Waals surface area contributed by atoms with Crippen LogP contribution in [0.15, 0.2) is 60.8 Å². The van der Waals surface area contributed by atoms with Crippen LogP contribution in [-0.4, -0.2) is 65.6 Å². The molecule has 4 heterocycles. The third-order valence-electron chi connectivity index (χ3n) is 7.04. The van der Waals surface area contributed by atoms with Gasteiger partial charge in [0.2, 0.25) is 0 Å². The van der Waals surface area contributed by atoms with Crippen LogP contribution >= 0.6 is 0 Å². The van der Waals surface area contributed by atoms with Crippen LogP contribution in [0.5, 0.6) is 0 Å². The van der Waals surface area contributed by atoms with Crippen molar-refractivity contribution in [2.24, 2.45) is 5.92 Å². The van der Waals surface area contributed by atoms with E-state index in [9.17, 15) is 0 Å². The molecule has 0 amide bonds. The standard InChI is InChI=1S/C26H33N5/c1-21(23-8-3-2-4-9-23)31-14-6-7-22(20-31)19-29-15-17-30(18-16-29)25-12-11-24-10-5-13-27-26(24)28-25/h2-5,8-13,21-22H,6-7,14-20H2,1H3/t21-,22-/m1/s1. The molecule has 0 radical (unpaired) electrons. The summed E-state index contributed by atoms with van der Waals surface area (Å²) in [5.74, 6) is 1.83. The Morgan fingerprint density at radius 2 is 1.77 bits per heavy atom. The average molecular weight is 416 g/mol. The molecule has 2 aromatic heterocycles. The van der Waals surface area contributed by atoms with Crippen molar-refractivity contribution >= 4 is 16.9 Å². The molecule has 0 aliphatic carbocycles. The van der Waals surface area contributed by atoms with E-state index in [0.717, 1.165) is 48.9 Å². The number of likely N-dealkylation sites (tertiary alicyclic amines) is 1. The number of benzene rings is 1. The van der Waals surface area contributed by atoms with Crippen molar-refractivity contribution in [3.05, 3.63) is 66.4 Å². The quantitative estimate of drug-likeness (QED) is 0.623. The van der Waals surface area contributed by atoms with Crippen LogP contribution < -0.4 is 4.90 Å². The van der Waals surface area contributed by atoms with E-state index in [2.05, 4.69) is 75.1 Å². The highest BCUT2D eigenvalue weighted by Crippen LogP contribution is 2.27. The summed E-state index contributed by atoms with van der Waals surface area (Å²) in [6.45, 7) is 10.3. The van der Waals surface area contributed by atoms with Gasteiger partial charge in [0.05, 0.1) is 0 Å². The molecule has 2 fully saturated rings. The maximum atomic E-state index is 4.79. The fourth-order valence-corrected chi connectivity index (χ4v) is 5.18. The molecule has 5 nitrogen and oxygen atoms in total. The van der Waals surface area contributed by atoms with Crippen molar-refractivity contribution in [1.82, 2.24) is 19.8 Å². The third-order valence-corrected chi connectivity index (χ3v) is 7.04. The lowest BCUT2D eigenvalue weighted by atomic mass is 9.94. The maximum absolute atomic E-state index is 4.79. The number of aromatic nitrogens is 2. The molecule has 2 aliphatic rings. The van der Waals surface area contributed by atoms with E-state index in [-0.39, 0.29) is 0 Å². The topological polar surface area (TPSA) is 35.5 Å². The number of hydrogen-bond acceptors (Lipinski definition) is 5. The zero-order valence-corrected chi connectivity index (χ0v) is 18.5. The molecule has 5 rings (SSSR count). The predicted molar refractivity (Wildman–Crippen MR) is 127 cm³/mol. The van der Waals surface area contributed by atoms with Gasteiger partial charge in [-0.05, 0) is 62.1 Å². The zero-order chi connectivity index (χ0) is 21.0. The monoisotopic (exact) mass is 415 g/mol. The molecule has 0 unspecified atom stereocenters. The molecule has 2 atom stereocenters. The van der Waals surface area contributed by atoms with E-state index in [1.807, 2.05) is 12.3 Å².